The molecule has 1 aromatic heterocycles. The van der Waals surface area contributed by atoms with Crippen LogP contribution in [0.1, 0.15) is 16.7 Å². The van der Waals surface area contributed by atoms with E-state index in [1.807, 2.05) is 13.0 Å². The minimum Gasteiger partial charge on any atom is -0.374 e. The van der Waals surface area contributed by atoms with Crippen molar-refractivity contribution in [1.82, 2.24) is 9.88 Å². The topological polar surface area (TPSA) is 71.3 Å². The number of rotatable bonds is 3. The quantitative estimate of drug-likeness (QED) is 0.896. The van der Waals surface area contributed by atoms with E-state index in [9.17, 15) is 4.79 Å². The molecule has 0 saturated carbocycles. The molecule has 5 heteroatoms. The van der Waals surface area contributed by atoms with Crippen LogP contribution in [-0.2, 0) is 11.3 Å². The number of ether oxygens (including phenoxy) is 1. The van der Waals surface area contributed by atoms with Crippen LogP contribution in [0, 0.1) is 13.8 Å². The largest absolute Gasteiger partial charge is 0.374 e. The highest BCUT2D eigenvalue weighted by Crippen LogP contribution is 2.19. The minimum atomic E-state index is -0.00440. The van der Waals surface area contributed by atoms with E-state index < -0.39 is 0 Å². The molecule has 3 N–H and O–H groups in total. The lowest BCUT2D eigenvalue weighted by Gasteiger charge is -2.32. The van der Waals surface area contributed by atoms with Crippen molar-refractivity contribution in [3.05, 3.63) is 45.2 Å². The molecule has 0 spiro atoms. The summed E-state index contributed by atoms with van der Waals surface area (Å²) in [6.07, 6.45) is 0.0674. The van der Waals surface area contributed by atoms with E-state index >= 15 is 0 Å². The average molecular weight is 301 g/mol. The number of H-pyrrole nitrogens is 1. The summed E-state index contributed by atoms with van der Waals surface area (Å²) >= 11 is 0. The van der Waals surface area contributed by atoms with E-state index in [1.54, 1.807) is 0 Å². The lowest BCUT2D eigenvalue weighted by Crippen LogP contribution is -2.45. The number of benzene rings is 1. The average Bonchev–Trinajstić information content (AvgIpc) is 2.49. The van der Waals surface area contributed by atoms with Crippen molar-refractivity contribution >= 4 is 10.9 Å². The molecule has 3 rings (SSSR count). The molecule has 1 aliphatic rings. The molecule has 22 heavy (non-hydrogen) atoms. The molecule has 0 radical (unpaired) electrons. The highest BCUT2D eigenvalue weighted by atomic mass is 16.5. The maximum Gasteiger partial charge on any atom is 0.252 e. The van der Waals surface area contributed by atoms with Crippen LogP contribution in [0.25, 0.3) is 10.9 Å². The summed E-state index contributed by atoms with van der Waals surface area (Å²) in [5.41, 5.74) is 9.72. The molecular weight excluding hydrogens is 278 g/mol. The molecule has 2 aromatic rings. The monoisotopic (exact) mass is 301 g/mol. The second-order valence-corrected chi connectivity index (χ2v) is 6.13. The number of nitrogens with two attached hydrogens (primary N) is 1. The van der Waals surface area contributed by atoms with Gasteiger partial charge in [0.15, 0.2) is 0 Å². The fourth-order valence-electron chi connectivity index (χ4n) is 3.16. The van der Waals surface area contributed by atoms with Gasteiger partial charge in [-0.05, 0) is 36.9 Å². The molecule has 1 fully saturated rings. The Bertz CT molecular complexity index is 738. The van der Waals surface area contributed by atoms with Gasteiger partial charge in [-0.15, -0.1) is 0 Å². The Labute approximate surface area is 130 Å². The van der Waals surface area contributed by atoms with E-state index in [4.69, 9.17) is 10.5 Å². The first-order valence-electron chi connectivity index (χ1n) is 7.74. The number of aromatic nitrogens is 1. The molecule has 5 nitrogen and oxygen atoms in total. The molecule has 1 aromatic carbocycles. The molecule has 1 atom stereocenters. The standard InChI is InChI=1S/C17H23N3O2/c1-11-5-12(2)16-13(6-11)7-14(17(21)19-16)9-20-3-4-22-15(8-18)10-20/h5-7,15H,3-4,8-10,18H2,1-2H3,(H,19,21)/t15-/m1/s1. The molecule has 1 aliphatic heterocycles. The number of hydrogen-bond donors (Lipinski definition) is 2. The molecule has 2 heterocycles. The van der Waals surface area contributed by atoms with Crippen LogP contribution in [0.3, 0.4) is 0 Å². The first-order chi connectivity index (χ1) is 10.6. The second kappa shape index (κ2) is 6.20. The van der Waals surface area contributed by atoms with Crippen LogP contribution >= 0.6 is 0 Å². The maximum absolute atomic E-state index is 12.4. The van der Waals surface area contributed by atoms with Crippen LogP contribution in [-0.4, -0.2) is 42.2 Å². The number of aryl methyl sites for hydroxylation is 2. The second-order valence-electron chi connectivity index (χ2n) is 6.13. The summed E-state index contributed by atoms with van der Waals surface area (Å²) in [6.45, 7) is 7.54. The summed E-state index contributed by atoms with van der Waals surface area (Å²) in [5.74, 6) is 0. The van der Waals surface area contributed by atoms with Gasteiger partial charge in [0.25, 0.3) is 5.56 Å². The Kier molecular flexibility index (Phi) is 4.29. The minimum absolute atomic E-state index is 0.00440. The molecule has 1 saturated heterocycles. The van der Waals surface area contributed by atoms with Gasteiger partial charge in [0.05, 0.1) is 18.2 Å². The zero-order valence-corrected chi connectivity index (χ0v) is 13.2. The Balaban J connectivity index is 1.90. The van der Waals surface area contributed by atoms with E-state index in [0.29, 0.717) is 19.7 Å². The maximum atomic E-state index is 12.4. The normalized spacial score (nSPS) is 19.7. The van der Waals surface area contributed by atoms with Crippen molar-refractivity contribution in [2.24, 2.45) is 5.73 Å². The number of pyridine rings is 1. The number of fused-ring (bicyclic) bond motifs is 1. The summed E-state index contributed by atoms with van der Waals surface area (Å²) < 4.78 is 5.57. The molecule has 0 bridgehead atoms. The third-order valence-corrected chi connectivity index (χ3v) is 4.25. The van der Waals surface area contributed by atoms with Gasteiger partial charge in [-0.2, -0.15) is 0 Å². The number of hydrogen-bond acceptors (Lipinski definition) is 4. The van der Waals surface area contributed by atoms with Gasteiger partial charge in [-0.1, -0.05) is 11.6 Å². The van der Waals surface area contributed by atoms with Crippen LogP contribution < -0.4 is 11.3 Å². The summed E-state index contributed by atoms with van der Waals surface area (Å²) in [6, 6.07) is 6.22. The SMILES string of the molecule is Cc1cc(C)c2[nH]c(=O)c(CN3CCO[C@H](CN)C3)cc2c1. The van der Waals surface area contributed by atoms with Gasteiger partial charge in [0.2, 0.25) is 0 Å². The van der Waals surface area contributed by atoms with Crippen LogP contribution in [0.5, 0.6) is 0 Å². The lowest BCUT2D eigenvalue weighted by molar-refractivity contribution is -0.0261. The van der Waals surface area contributed by atoms with Crippen molar-refractivity contribution in [2.45, 2.75) is 26.5 Å². The Morgan fingerprint density at radius 3 is 2.95 bits per heavy atom. The van der Waals surface area contributed by atoms with Crippen molar-refractivity contribution in [1.29, 1.82) is 0 Å². The molecular formula is C17H23N3O2. The molecule has 118 valence electrons. The van der Waals surface area contributed by atoms with Gasteiger partial charge >= 0.3 is 0 Å². The zero-order valence-electron chi connectivity index (χ0n) is 13.2. The number of morpholine rings is 1. The predicted octanol–water partition coefficient (Wildman–Crippen LogP) is 1.30. The van der Waals surface area contributed by atoms with E-state index in [0.717, 1.165) is 35.1 Å². The third kappa shape index (κ3) is 3.06. The van der Waals surface area contributed by atoms with Gasteiger partial charge < -0.3 is 15.5 Å². The number of nitrogens with zero attached hydrogens (tertiary/aromatic N) is 1. The van der Waals surface area contributed by atoms with E-state index in [-0.39, 0.29) is 11.7 Å². The van der Waals surface area contributed by atoms with Gasteiger partial charge in [-0.25, -0.2) is 0 Å². The summed E-state index contributed by atoms with van der Waals surface area (Å²) in [7, 11) is 0. The van der Waals surface area contributed by atoms with Crippen LogP contribution in [0.15, 0.2) is 23.0 Å². The highest BCUT2D eigenvalue weighted by molar-refractivity contribution is 5.82. The van der Waals surface area contributed by atoms with E-state index in [1.165, 1.54) is 5.56 Å². The Hall–Kier alpha value is -1.69. The van der Waals surface area contributed by atoms with Crippen LogP contribution in [0.2, 0.25) is 0 Å². The van der Waals surface area contributed by atoms with Crippen molar-refractivity contribution < 1.29 is 4.74 Å². The Morgan fingerprint density at radius 2 is 2.18 bits per heavy atom. The predicted molar refractivity (Wildman–Crippen MR) is 88.1 cm³/mol. The summed E-state index contributed by atoms with van der Waals surface area (Å²) in [4.78, 5) is 17.6. The number of aromatic amines is 1. The molecule has 0 aliphatic carbocycles. The molecule has 0 amide bonds. The highest BCUT2D eigenvalue weighted by Gasteiger charge is 2.20. The van der Waals surface area contributed by atoms with Gasteiger partial charge in [0, 0.05) is 31.7 Å². The smallest absolute Gasteiger partial charge is 0.252 e. The van der Waals surface area contributed by atoms with Crippen molar-refractivity contribution in [3.8, 4) is 0 Å². The van der Waals surface area contributed by atoms with E-state index in [2.05, 4.69) is 28.9 Å². The third-order valence-electron chi connectivity index (χ3n) is 4.25. The summed E-state index contributed by atoms with van der Waals surface area (Å²) in [5, 5.41) is 1.09. The van der Waals surface area contributed by atoms with Gasteiger partial charge in [0.1, 0.15) is 0 Å². The Morgan fingerprint density at radius 1 is 1.36 bits per heavy atom. The zero-order chi connectivity index (χ0) is 15.7. The van der Waals surface area contributed by atoms with Crippen LogP contribution in [0.4, 0.5) is 0 Å². The first-order valence-corrected chi connectivity index (χ1v) is 7.74. The van der Waals surface area contributed by atoms with Crippen molar-refractivity contribution in [2.75, 3.05) is 26.2 Å². The molecule has 0 unspecified atom stereocenters. The fourth-order valence-corrected chi connectivity index (χ4v) is 3.16. The fraction of sp³-hybridized carbons (Fsp3) is 0.471. The van der Waals surface area contributed by atoms with Crippen molar-refractivity contribution in [3.63, 3.8) is 0 Å². The lowest BCUT2D eigenvalue weighted by atomic mass is 10.0. The van der Waals surface area contributed by atoms with Gasteiger partial charge in [-0.3, -0.25) is 9.69 Å². The first kappa shape index (κ1) is 15.2. The number of nitrogens with one attached hydrogen (secondary N) is 1.